The highest BCUT2D eigenvalue weighted by Crippen LogP contribution is 2.58. The van der Waals surface area contributed by atoms with Crippen LogP contribution in [0.15, 0.2) is 291 Å². The van der Waals surface area contributed by atoms with Crippen molar-refractivity contribution in [3.8, 4) is 0 Å². The predicted molar refractivity (Wildman–Crippen MR) is 484 cm³/mol. The number of amides is 8. The van der Waals surface area contributed by atoms with E-state index in [4.69, 9.17) is 112 Å². The molecule has 8 fully saturated rings. The Morgan fingerprint density at radius 1 is 0.264 bits per heavy atom. The molecule has 0 aliphatic carbocycles. The topological polar surface area (TPSA) is 151 Å². The Kier molecular flexibility index (Phi) is 23.1. The third-order valence-corrected chi connectivity index (χ3v) is 25.7. The van der Waals surface area contributed by atoms with Gasteiger partial charge in [0.05, 0.1) is 71.0 Å². The molecule has 1 N–H and O–H groups in total. The van der Waals surface area contributed by atoms with Crippen LogP contribution in [0, 0.1) is 27.7 Å². The van der Waals surface area contributed by atoms with Crippen LogP contribution in [0.2, 0.25) is 40.2 Å². The molecule has 0 bridgehead atoms. The number of aryl methyl sites for hydroxylation is 4. The Balaban J connectivity index is 0.000000115. The SMILES string of the molecule is Cc1cccc(C2(O)N(c3ccc(Cl)cc3)C(=O)N(c3ccc(Cl)cc3)C23COC3)c1.Cc1cccc(C2N(c3ccc(Cl)cc3)C(=O)N(c3ccc(Cl)cc3)C23COC3)c1.Cc1cccc([C@@H]2N(c3ccc(Cl)cc3)C(=O)N(c3ccc(Cl)cc3)C23COC3)c1.Cc1cccc([C@H]2N(c3ccc(Cl)cc3)C(=O)N(c3ccc(Cl)cc3)C23COC3)c1. The first-order valence-electron chi connectivity index (χ1n) is 39.2. The van der Waals surface area contributed by atoms with E-state index < -0.39 is 27.9 Å². The van der Waals surface area contributed by atoms with E-state index in [1.54, 1.807) is 53.4 Å². The lowest BCUT2D eigenvalue weighted by molar-refractivity contribution is -0.153. The Morgan fingerprint density at radius 3 is 0.711 bits per heavy atom. The van der Waals surface area contributed by atoms with Gasteiger partial charge in [-0.15, -0.1) is 0 Å². The van der Waals surface area contributed by atoms with Crippen molar-refractivity contribution in [2.45, 2.75) is 73.7 Å². The Hall–Kier alpha value is -10.2. The average molecular weight is 1770 g/mol. The summed E-state index contributed by atoms with van der Waals surface area (Å²) in [6.45, 7) is 11.3. The van der Waals surface area contributed by atoms with Gasteiger partial charge in [0.15, 0.2) is 0 Å². The van der Waals surface area contributed by atoms with Crippen molar-refractivity contribution in [3.05, 3.63) is 376 Å². The molecular weight excluding hydrogens is 1690 g/mol. The molecule has 0 saturated carbocycles. The number of rotatable bonds is 12. The normalized spacial score (nSPS) is 20.5. The van der Waals surface area contributed by atoms with E-state index >= 15 is 0 Å². The van der Waals surface area contributed by atoms with E-state index in [2.05, 4.69) is 75.4 Å². The molecule has 8 aliphatic heterocycles. The zero-order chi connectivity index (χ0) is 84.4. The molecule has 614 valence electrons. The van der Waals surface area contributed by atoms with Crippen LogP contribution < -0.4 is 39.2 Å². The van der Waals surface area contributed by atoms with Crippen LogP contribution in [0.3, 0.4) is 0 Å². The van der Waals surface area contributed by atoms with Crippen LogP contribution in [0.1, 0.15) is 62.6 Å². The second-order valence-electron chi connectivity index (χ2n) is 31.5. The standard InChI is InChI=1S/C24H20Cl2N2O3.3C24H20Cl2N2O2/c1-16-3-2-4-17(13-16)24(30)23(14-31-15-23)27(20-9-5-18(25)6-10-20)22(29)28(24)21-11-7-19(26)8-12-21;3*1-16-3-2-4-17(13-16)22-24(14-30-15-24)28(21-11-7-19(26)8-12-21)23(29)27(22)20-9-5-18(25)6-10-20/h2-13,30H,14-15H2,1H3;3*2-13,22H,14-15H2,1H3/t;2*22-;/m.10./s1. The molecule has 8 aliphatic rings. The second kappa shape index (κ2) is 33.6. The van der Waals surface area contributed by atoms with Gasteiger partial charge in [0.25, 0.3) is 0 Å². The van der Waals surface area contributed by atoms with E-state index in [9.17, 15) is 24.3 Å². The van der Waals surface area contributed by atoms with Crippen LogP contribution in [-0.2, 0) is 24.7 Å². The number of hydrogen-bond acceptors (Lipinski definition) is 9. The molecular formula is C96H80Cl8N8O9. The first-order valence-corrected chi connectivity index (χ1v) is 42.3. The minimum Gasteiger partial charge on any atom is -0.376 e. The number of halogens is 8. The van der Waals surface area contributed by atoms with E-state index in [-0.39, 0.29) is 55.5 Å². The van der Waals surface area contributed by atoms with Gasteiger partial charge in [-0.25, -0.2) is 19.2 Å². The first kappa shape index (κ1) is 83.1. The molecule has 0 aromatic heterocycles. The van der Waals surface area contributed by atoms with Crippen molar-refractivity contribution >= 4 is 162 Å². The van der Waals surface area contributed by atoms with Crippen LogP contribution >= 0.6 is 92.8 Å². The Labute approximate surface area is 741 Å². The summed E-state index contributed by atoms with van der Waals surface area (Å²) in [5.74, 6) is 0. The monoisotopic (exact) mass is 1770 g/mol. The zero-order valence-electron chi connectivity index (χ0n) is 65.9. The zero-order valence-corrected chi connectivity index (χ0v) is 72.0. The molecule has 20 rings (SSSR count). The molecule has 4 atom stereocenters. The van der Waals surface area contributed by atoms with Gasteiger partial charge in [-0.05, 0) is 239 Å². The molecule has 121 heavy (non-hydrogen) atoms. The molecule has 25 heteroatoms. The van der Waals surface area contributed by atoms with Crippen LogP contribution in [0.25, 0.3) is 0 Å². The summed E-state index contributed by atoms with van der Waals surface area (Å²) in [6, 6.07) is 89.6. The minimum atomic E-state index is -1.66. The summed E-state index contributed by atoms with van der Waals surface area (Å²) in [4.78, 5) is 69.8. The average Bonchev–Trinajstić information content (AvgIpc) is 1.52. The van der Waals surface area contributed by atoms with Crippen molar-refractivity contribution in [1.29, 1.82) is 0 Å². The quantitative estimate of drug-likeness (QED) is 0.126. The molecule has 8 amide bonds. The van der Waals surface area contributed by atoms with E-state index in [0.29, 0.717) is 96.8 Å². The van der Waals surface area contributed by atoms with Gasteiger partial charge < -0.3 is 24.1 Å². The number of aliphatic hydroxyl groups is 1. The summed E-state index contributed by atoms with van der Waals surface area (Å²) >= 11 is 48.8. The highest BCUT2D eigenvalue weighted by molar-refractivity contribution is 6.33. The lowest BCUT2D eigenvalue weighted by Gasteiger charge is -2.51. The van der Waals surface area contributed by atoms with Crippen LogP contribution in [0.4, 0.5) is 64.7 Å². The fourth-order valence-corrected chi connectivity index (χ4v) is 19.0. The first-order chi connectivity index (χ1) is 58.3. The third kappa shape index (κ3) is 14.9. The van der Waals surface area contributed by atoms with Crippen molar-refractivity contribution in [2.24, 2.45) is 0 Å². The van der Waals surface area contributed by atoms with Gasteiger partial charge in [-0.1, -0.05) is 212 Å². The van der Waals surface area contributed by atoms with Gasteiger partial charge in [-0.2, -0.15) is 0 Å². The second-order valence-corrected chi connectivity index (χ2v) is 35.0. The largest absolute Gasteiger partial charge is 0.376 e. The van der Waals surface area contributed by atoms with Gasteiger partial charge in [0.2, 0.25) is 5.72 Å². The highest BCUT2D eigenvalue weighted by atomic mass is 35.5. The fraction of sp³-hybridized carbons (Fsp3) is 0.208. The maximum Gasteiger partial charge on any atom is 0.332 e. The Bertz CT molecular complexity index is 5450. The molecule has 2 unspecified atom stereocenters. The number of carbonyl (C=O) groups excluding carboxylic acids is 4. The summed E-state index contributed by atoms with van der Waals surface area (Å²) in [6.07, 6.45) is 0. The maximum absolute atomic E-state index is 13.9. The minimum absolute atomic E-state index is 0.0885. The molecule has 12 aromatic rings. The number of nitrogens with zero attached hydrogens (tertiary/aromatic N) is 8. The molecule has 4 spiro atoms. The van der Waals surface area contributed by atoms with Gasteiger partial charge >= 0.3 is 24.1 Å². The van der Waals surface area contributed by atoms with Crippen LogP contribution in [0.5, 0.6) is 0 Å². The third-order valence-electron chi connectivity index (χ3n) is 23.6. The predicted octanol–water partition coefficient (Wildman–Crippen LogP) is 24.1. The molecule has 17 nitrogen and oxygen atoms in total. The lowest BCUT2D eigenvalue weighted by Crippen LogP contribution is -2.70. The maximum atomic E-state index is 13.9. The fourth-order valence-electron chi connectivity index (χ4n) is 18.0. The van der Waals surface area contributed by atoms with Crippen molar-refractivity contribution in [2.75, 3.05) is 92.1 Å². The summed E-state index contributed by atoms with van der Waals surface area (Å²) in [5, 5.41) is 17.3. The molecule has 12 aromatic carbocycles. The van der Waals surface area contributed by atoms with E-state index in [1.807, 2.05) is 224 Å². The van der Waals surface area contributed by atoms with Crippen molar-refractivity contribution in [3.63, 3.8) is 0 Å². The lowest BCUT2D eigenvalue weighted by atomic mass is 9.78. The van der Waals surface area contributed by atoms with E-state index in [1.165, 1.54) is 4.90 Å². The summed E-state index contributed by atoms with van der Waals surface area (Å²) < 4.78 is 22.7. The van der Waals surface area contributed by atoms with Gasteiger partial charge in [0, 0.05) is 91.2 Å². The molecule has 0 radical (unpaired) electrons. The number of anilines is 8. The van der Waals surface area contributed by atoms with Gasteiger partial charge in [-0.3, -0.25) is 39.2 Å². The molecule has 8 heterocycles. The van der Waals surface area contributed by atoms with E-state index in [0.717, 1.165) is 73.1 Å². The van der Waals surface area contributed by atoms with Gasteiger partial charge in [0.1, 0.15) is 22.2 Å². The van der Waals surface area contributed by atoms with Crippen LogP contribution in [-0.4, -0.2) is 104 Å². The number of ether oxygens (including phenoxy) is 4. The number of benzene rings is 12. The number of carbonyl (C=O) groups is 4. The summed E-state index contributed by atoms with van der Waals surface area (Å²) in [5.41, 5.74) is 10.1. The number of urea groups is 4. The molecule has 8 saturated heterocycles. The Morgan fingerprint density at radius 2 is 0.488 bits per heavy atom. The smallest absolute Gasteiger partial charge is 0.332 e. The highest BCUT2D eigenvalue weighted by Gasteiger charge is 2.73. The van der Waals surface area contributed by atoms with Crippen molar-refractivity contribution < 1.29 is 43.2 Å². The summed E-state index contributed by atoms with van der Waals surface area (Å²) in [7, 11) is 0. The number of hydrogen-bond donors (Lipinski definition) is 1. The van der Waals surface area contributed by atoms with Crippen molar-refractivity contribution in [1.82, 2.24) is 0 Å².